The highest BCUT2D eigenvalue weighted by Gasteiger charge is 2.59. The molecular formula is C66H85N5O10. The van der Waals surface area contributed by atoms with Gasteiger partial charge in [0.2, 0.25) is 23.6 Å². The van der Waals surface area contributed by atoms with Crippen LogP contribution in [0.5, 0.6) is 5.75 Å². The van der Waals surface area contributed by atoms with Crippen LogP contribution in [0.3, 0.4) is 0 Å². The predicted molar refractivity (Wildman–Crippen MR) is 313 cm³/mol. The lowest BCUT2D eigenvalue weighted by molar-refractivity contribution is -0.384. The lowest BCUT2D eigenvalue weighted by Gasteiger charge is -2.58. The number of nitrogens with zero attached hydrogens (tertiary/aromatic N) is 1. The summed E-state index contributed by atoms with van der Waals surface area (Å²) in [5.41, 5.74) is 4.80. The third-order valence-electron chi connectivity index (χ3n) is 18.5. The maximum absolute atomic E-state index is 14.2. The van der Waals surface area contributed by atoms with Crippen molar-refractivity contribution < 1.29 is 43.1 Å². The van der Waals surface area contributed by atoms with Crippen LogP contribution < -0.4 is 26.0 Å². The number of carbonyl (C=O) groups is 5. The molecule has 0 aliphatic heterocycles. The molecule has 0 aromatic heterocycles. The summed E-state index contributed by atoms with van der Waals surface area (Å²) in [5.74, 6) is 3.16. The Balaban J connectivity index is 0.776. The topological polar surface area (TPSA) is 204 Å². The maximum atomic E-state index is 14.2. The largest absolute Gasteiger partial charge is 0.514 e. The molecule has 4 amide bonds. The fourth-order valence-electron chi connectivity index (χ4n) is 14.1. The molecule has 3 fully saturated rings. The van der Waals surface area contributed by atoms with Crippen LogP contribution in [0.25, 0.3) is 0 Å². The Morgan fingerprint density at radius 2 is 1.37 bits per heavy atom. The number of anilines is 1. The summed E-state index contributed by atoms with van der Waals surface area (Å²) in [5, 5.41) is 22.5. The predicted octanol–water partition coefficient (Wildman–Crippen LogP) is 12.4. The van der Waals surface area contributed by atoms with Crippen molar-refractivity contribution >= 4 is 41.2 Å². The molecule has 10 atom stereocenters. The van der Waals surface area contributed by atoms with Crippen LogP contribution in [0, 0.1) is 56.5 Å². The van der Waals surface area contributed by atoms with Crippen LogP contribution in [0.4, 0.5) is 16.2 Å². The van der Waals surface area contributed by atoms with Gasteiger partial charge in [-0.1, -0.05) is 138 Å². The van der Waals surface area contributed by atoms with Crippen molar-refractivity contribution in [3.8, 4) is 5.75 Å². The van der Waals surface area contributed by atoms with Crippen LogP contribution in [-0.2, 0) is 48.1 Å². The third kappa shape index (κ3) is 16.2. The molecule has 15 heteroatoms. The van der Waals surface area contributed by atoms with Gasteiger partial charge in [0.15, 0.2) is 0 Å². The summed E-state index contributed by atoms with van der Waals surface area (Å²) >= 11 is 0. The second kappa shape index (κ2) is 28.2. The van der Waals surface area contributed by atoms with Crippen molar-refractivity contribution in [2.75, 3.05) is 18.5 Å². The molecule has 4 aromatic rings. The van der Waals surface area contributed by atoms with Gasteiger partial charge in [-0.3, -0.25) is 29.3 Å². The lowest BCUT2D eigenvalue weighted by atomic mass is 9.47. The fraction of sp³-hybridized carbons (Fsp3) is 0.530. The fourth-order valence-corrected chi connectivity index (χ4v) is 14.1. The van der Waals surface area contributed by atoms with Crippen molar-refractivity contribution in [2.45, 2.75) is 162 Å². The highest BCUT2D eigenvalue weighted by Crippen LogP contribution is 2.67. The van der Waals surface area contributed by atoms with Crippen LogP contribution >= 0.6 is 0 Å². The Morgan fingerprint density at radius 1 is 0.704 bits per heavy atom. The zero-order chi connectivity index (χ0) is 57.5. The SMILES string of the molecule is CC(C)CCC[C@@H](C)[C@H]1CCC2[C@@H]3CC=C4C[C@@H](OCCCNC(=O)CCC(=O)N[C@@H](Cc5ccccc5)C(=O)N[C@@H](Cc5ccccc5)C(=O)Nc5ccc(COC(=O)Oc6ccc([N+](=O)[O-])cc6)cc5)CC[C@]4(C)C3CC[C@@]21C. The number of allylic oxidation sites excluding steroid dienone is 1. The Hall–Kier alpha value is -6.87. The number of nitrogens with one attached hydrogen (secondary N) is 4. The molecule has 2 unspecified atom stereocenters. The molecule has 4 aliphatic carbocycles. The molecule has 0 saturated heterocycles. The molecule has 0 heterocycles. The summed E-state index contributed by atoms with van der Waals surface area (Å²) in [4.78, 5) is 77.4. The Labute approximate surface area is 478 Å². The van der Waals surface area contributed by atoms with Gasteiger partial charge in [-0.25, -0.2) is 4.79 Å². The smallest absolute Gasteiger partial charge is 0.429 e. The first-order valence-corrected chi connectivity index (χ1v) is 29.7. The molecule has 4 aromatic carbocycles. The molecule has 4 N–H and O–H groups in total. The van der Waals surface area contributed by atoms with Gasteiger partial charge in [-0.2, -0.15) is 0 Å². The van der Waals surface area contributed by atoms with E-state index in [1.165, 1.54) is 82.1 Å². The van der Waals surface area contributed by atoms with E-state index < -0.39 is 40.9 Å². The van der Waals surface area contributed by atoms with Crippen molar-refractivity contribution in [2.24, 2.45) is 46.3 Å². The molecule has 0 radical (unpaired) electrons. The average Bonchev–Trinajstić information content (AvgIpc) is 4.04. The summed E-state index contributed by atoms with van der Waals surface area (Å²) < 4.78 is 16.8. The number of nitro benzene ring substituents is 1. The maximum Gasteiger partial charge on any atom is 0.514 e. The van der Waals surface area contributed by atoms with Crippen molar-refractivity contribution in [3.05, 3.63) is 148 Å². The van der Waals surface area contributed by atoms with Crippen molar-refractivity contribution in [1.29, 1.82) is 0 Å². The summed E-state index contributed by atoms with van der Waals surface area (Å²) in [6.45, 7) is 13.3. The van der Waals surface area contributed by atoms with Gasteiger partial charge in [0.1, 0.15) is 24.4 Å². The van der Waals surface area contributed by atoms with Gasteiger partial charge in [0.25, 0.3) is 5.69 Å². The minimum atomic E-state index is -1.06. The van der Waals surface area contributed by atoms with E-state index in [9.17, 15) is 34.1 Å². The molecule has 3 saturated carbocycles. The molecular weight excluding hydrogens is 1020 g/mol. The second-order valence-corrected chi connectivity index (χ2v) is 24.4. The Bertz CT molecular complexity index is 2790. The number of carbonyl (C=O) groups excluding carboxylic acids is 5. The van der Waals surface area contributed by atoms with Gasteiger partial charge < -0.3 is 35.5 Å². The molecule has 8 rings (SSSR count). The highest BCUT2D eigenvalue weighted by atomic mass is 16.7. The molecule has 434 valence electrons. The first-order valence-electron chi connectivity index (χ1n) is 29.7. The number of benzene rings is 4. The average molecular weight is 1110 g/mol. The zero-order valence-corrected chi connectivity index (χ0v) is 48.1. The molecule has 81 heavy (non-hydrogen) atoms. The van der Waals surface area contributed by atoms with Crippen molar-refractivity contribution in [1.82, 2.24) is 16.0 Å². The Morgan fingerprint density at radius 3 is 2.04 bits per heavy atom. The number of non-ortho nitro benzene ring substituents is 1. The third-order valence-corrected chi connectivity index (χ3v) is 18.5. The normalized spacial score (nSPS) is 23.9. The molecule has 0 spiro atoms. The van der Waals surface area contributed by atoms with Gasteiger partial charge in [-0.15, -0.1) is 0 Å². The molecule has 15 nitrogen and oxygen atoms in total. The number of amides is 4. The minimum Gasteiger partial charge on any atom is -0.429 e. The van der Waals surface area contributed by atoms with E-state index in [0.717, 1.165) is 59.5 Å². The molecule has 4 aliphatic rings. The van der Waals surface area contributed by atoms with E-state index in [4.69, 9.17) is 14.2 Å². The van der Waals surface area contributed by atoms with Gasteiger partial charge >= 0.3 is 6.16 Å². The van der Waals surface area contributed by atoms with E-state index in [-0.39, 0.29) is 61.2 Å². The number of hydrogen-bond donors (Lipinski definition) is 4. The van der Waals surface area contributed by atoms with E-state index in [1.54, 1.807) is 29.8 Å². The standard InChI is InChI=1S/C66H85N5O10/c1-44(2)14-12-15-45(3)55-30-31-56-54-29-22-49-42-53(34-36-65(49,4)57(54)35-37-66(55,56)5)79-39-13-38-67-60(72)32-33-61(73)69-58(40-46-16-8-6-9-17-46)63(75)70-59(41-47-18-10-7-11-19-47)62(74)68-50-23-20-48(21-24-50)43-80-64(76)81-52-27-25-51(26-28-52)71(77)78/h6-11,16-28,44-45,53-59H,12-15,29-43H2,1-5H3,(H,67,72)(H,68,74)(H,69,73)(H,70,75)/t45-,53+,54+,55-,56?,57?,58+,59+,65+,66-/m1/s1. The van der Waals surface area contributed by atoms with E-state index in [1.807, 2.05) is 60.7 Å². The highest BCUT2D eigenvalue weighted by molar-refractivity contribution is 5.99. The number of rotatable bonds is 26. The minimum absolute atomic E-state index is 0.0574. The van der Waals surface area contributed by atoms with Crippen molar-refractivity contribution in [3.63, 3.8) is 0 Å². The second-order valence-electron chi connectivity index (χ2n) is 24.4. The van der Waals surface area contributed by atoms with Crippen LogP contribution in [-0.4, -0.2) is 66.0 Å². The van der Waals surface area contributed by atoms with E-state index in [0.29, 0.717) is 36.2 Å². The summed E-state index contributed by atoms with van der Waals surface area (Å²) in [7, 11) is 0. The zero-order valence-electron chi connectivity index (χ0n) is 48.1. The van der Waals surface area contributed by atoms with E-state index in [2.05, 4.69) is 62.0 Å². The number of nitro groups is 1. The lowest BCUT2D eigenvalue weighted by Crippen LogP contribution is -2.54. The number of ether oxygens (including phenoxy) is 3. The monoisotopic (exact) mass is 1110 g/mol. The van der Waals surface area contributed by atoms with Gasteiger partial charge in [-0.05, 0) is 145 Å². The van der Waals surface area contributed by atoms with Crippen LogP contribution in [0.15, 0.2) is 121 Å². The molecule has 0 bridgehead atoms. The summed E-state index contributed by atoms with van der Waals surface area (Å²) in [6, 6.07) is 27.9. The van der Waals surface area contributed by atoms with Crippen LogP contribution in [0.1, 0.15) is 141 Å². The van der Waals surface area contributed by atoms with Crippen LogP contribution in [0.2, 0.25) is 0 Å². The first-order chi connectivity index (χ1) is 39.0. The summed E-state index contributed by atoms with van der Waals surface area (Å²) in [6.07, 6.45) is 16.7. The quantitative estimate of drug-likeness (QED) is 0.0117. The van der Waals surface area contributed by atoms with Gasteiger partial charge in [0.05, 0.1) is 11.0 Å². The number of hydrogen-bond acceptors (Lipinski definition) is 10. The number of fused-ring (bicyclic) bond motifs is 5. The van der Waals surface area contributed by atoms with Gasteiger partial charge in [0, 0.05) is 56.7 Å². The van der Waals surface area contributed by atoms with E-state index >= 15 is 0 Å². The first kappa shape index (κ1) is 60.2. The Kier molecular flexibility index (Phi) is 21.0.